The van der Waals surface area contributed by atoms with E-state index in [-0.39, 0.29) is 6.61 Å². The lowest BCUT2D eigenvalue weighted by molar-refractivity contribution is -0.116. The Bertz CT molecular complexity index is 582. The summed E-state index contributed by atoms with van der Waals surface area (Å²) in [7, 11) is 3.40. The van der Waals surface area contributed by atoms with Crippen molar-refractivity contribution in [1.82, 2.24) is 14.9 Å². The van der Waals surface area contributed by atoms with Gasteiger partial charge < -0.3 is 15.7 Å². The van der Waals surface area contributed by atoms with E-state index in [0.29, 0.717) is 30.2 Å². The second kappa shape index (κ2) is 12.2. The molecule has 0 aliphatic rings. The molecule has 0 saturated carbocycles. The molecule has 0 atom stereocenters. The van der Waals surface area contributed by atoms with E-state index < -0.39 is 0 Å². The standard InChI is InChI=1S/C17H28N4O2S2/c1-4-5-6-9-24-25-16(7-8-22)13(2)21(12-23)11-15-10-19-14(3)20-17(15)18/h10,12,22H,4-9,11H2,1-3H3,(H2,18,19,20). The number of hydrogen-bond acceptors (Lipinski definition) is 7. The van der Waals surface area contributed by atoms with Crippen LogP contribution in [0.5, 0.6) is 0 Å². The van der Waals surface area contributed by atoms with Gasteiger partial charge in [-0.1, -0.05) is 41.4 Å². The Labute approximate surface area is 158 Å². The van der Waals surface area contributed by atoms with Crippen molar-refractivity contribution in [3.8, 4) is 0 Å². The van der Waals surface area contributed by atoms with Crippen LogP contribution in [0, 0.1) is 6.92 Å². The van der Waals surface area contributed by atoms with E-state index in [1.54, 1.807) is 39.6 Å². The summed E-state index contributed by atoms with van der Waals surface area (Å²) < 4.78 is 0. The zero-order chi connectivity index (χ0) is 18.7. The first-order chi connectivity index (χ1) is 12.0. The molecule has 1 rings (SSSR count). The molecule has 8 heteroatoms. The number of nitrogen functional groups attached to an aromatic ring is 1. The molecule has 0 aliphatic heterocycles. The first kappa shape index (κ1) is 21.8. The van der Waals surface area contributed by atoms with Crippen molar-refractivity contribution in [2.24, 2.45) is 0 Å². The van der Waals surface area contributed by atoms with Gasteiger partial charge in [-0.05, 0) is 20.3 Å². The summed E-state index contributed by atoms with van der Waals surface area (Å²) in [6, 6.07) is 0. The Balaban J connectivity index is 2.82. The molecule has 0 fully saturated rings. The summed E-state index contributed by atoms with van der Waals surface area (Å²) in [6.07, 6.45) is 6.56. The monoisotopic (exact) mass is 384 g/mol. The summed E-state index contributed by atoms with van der Waals surface area (Å²) in [5, 5.41) is 9.34. The quantitative estimate of drug-likeness (QED) is 0.323. The predicted molar refractivity (Wildman–Crippen MR) is 107 cm³/mol. The van der Waals surface area contributed by atoms with Gasteiger partial charge in [-0.15, -0.1) is 0 Å². The second-order valence-electron chi connectivity index (χ2n) is 5.66. The van der Waals surface area contributed by atoms with Gasteiger partial charge in [0.25, 0.3) is 0 Å². The molecule has 0 unspecified atom stereocenters. The second-order valence-corrected chi connectivity index (χ2v) is 8.17. The summed E-state index contributed by atoms with van der Waals surface area (Å²) in [5.74, 6) is 2.05. The number of hydrogen-bond donors (Lipinski definition) is 2. The first-order valence-corrected chi connectivity index (χ1v) is 10.7. The van der Waals surface area contributed by atoms with Gasteiger partial charge in [-0.25, -0.2) is 9.97 Å². The number of carbonyl (C=O) groups is 1. The third kappa shape index (κ3) is 7.66. The number of aromatic nitrogens is 2. The summed E-state index contributed by atoms with van der Waals surface area (Å²) in [6.45, 7) is 6.22. The van der Waals surface area contributed by atoms with Crippen LogP contribution in [0.4, 0.5) is 5.82 Å². The third-order valence-corrected chi connectivity index (χ3v) is 6.38. The van der Waals surface area contributed by atoms with Crippen molar-refractivity contribution in [2.75, 3.05) is 18.1 Å². The average Bonchev–Trinajstić information content (AvgIpc) is 2.59. The Kier molecular flexibility index (Phi) is 10.6. The molecule has 0 aromatic carbocycles. The Morgan fingerprint density at radius 2 is 2.20 bits per heavy atom. The van der Waals surface area contributed by atoms with Gasteiger partial charge in [-0.2, -0.15) is 0 Å². The van der Waals surface area contributed by atoms with E-state index in [4.69, 9.17) is 5.73 Å². The third-order valence-electron chi connectivity index (χ3n) is 3.65. The normalized spacial score (nSPS) is 12.0. The Hall–Kier alpha value is -1.25. The molecular formula is C17H28N4O2S2. The number of amides is 1. The van der Waals surface area contributed by atoms with Crippen LogP contribution in [0.2, 0.25) is 0 Å². The highest BCUT2D eigenvalue weighted by Gasteiger charge is 2.14. The van der Waals surface area contributed by atoms with Crippen LogP contribution in [0.1, 0.15) is 50.9 Å². The fourth-order valence-electron chi connectivity index (χ4n) is 2.12. The molecule has 1 heterocycles. The molecule has 1 aromatic heterocycles. The van der Waals surface area contributed by atoms with E-state index in [1.807, 2.05) is 6.92 Å². The molecule has 0 spiro atoms. The van der Waals surface area contributed by atoms with Crippen molar-refractivity contribution < 1.29 is 9.90 Å². The van der Waals surface area contributed by atoms with Crippen LogP contribution in [-0.2, 0) is 11.3 Å². The van der Waals surface area contributed by atoms with Crippen LogP contribution in [0.15, 0.2) is 16.8 Å². The van der Waals surface area contributed by atoms with Gasteiger partial charge in [0.1, 0.15) is 11.6 Å². The van der Waals surface area contributed by atoms with Crippen LogP contribution in [0.3, 0.4) is 0 Å². The summed E-state index contributed by atoms with van der Waals surface area (Å²) >= 11 is 0. The minimum Gasteiger partial charge on any atom is -0.396 e. The van der Waals surface area contributed by atoms with E-state index in [1.165, 1.54) is 19.3 Å². The van der Waals surface area contributed by atoms with Gasteiger partial charge >= 0.3 is 0 Å². The molecule has 0 radical (unpaired) electrons. The maximum absolute atomic E-state index is 11.6. The Morgan fingerprint density at radius 3 is 2.80 bits per heavy atom. The lowest BCUT2D eigenvalue weighted by atomic mass is 10.2. The number of aliphatic hydroxyl groups is 1. The van der Waals surface area contributed by atoms with E-state index in [9.17, 15) is 9.90 Å². The van der Waals surface area contributed by atoms with Crippen molar-refractivity contribution in [1.29, 1.82) is 0 Å². The molecule has 0 aliphatic carbocycles. The number of aliphatic hydroxyl groups excluding tert-OH is 1. The van der Waals surface area contributed by atoms with Crippen LogP contribution < -0.4 is 5.73 Å². The smallest absolute Gasteiger partial charge is 0.214 e. The molecule has 0 bridgehead atoms. The number of unbranched alkanes of at least 4 members (excludes halogenated alkanes) is 2. The van der Waals surface area contributed by atoms with E-state index in [0.717, 1.165) is 22.8 Å². The minimum absolute atomic E-state index is 0.0532. The lowest BCUT2D eigenvalue weighted by Crippen LogP contribution is -2.21. The highest BCUT2D eigenvalue weighted by Crippen LogP contribution is 2.36. The first-order valence-electron chi connectivity index (χ1n) is 8.43. The number of rotatable bonds is 12. The predicted octanol–water partition coefficient (Wildman–Crippen LogP) is 3.51. The largest absolute Gasteiger partial charge is 0.396 e. The highest BCUT2D eigenvalue weighted by atomic mass is 33.1. The molecule has 1 amide bonds. The number of anilines is 1. The number of aryl methyl sites for hydroxylation is 1. The molecule has 1 aromatic rings. The molecular weight excluding hydrogens is 356 g/mol. The van der Waals surface area contributed by atoms with Crippen LogP contribution in [0.25, 0.3) is 0 Å². The summed E-state index contributed by atoms with van der Waals surface area (Å²) in [4.78, 5) is 22.5. The molecule has 140 valence electrons. The number of nitrogens with two attached hydrogens (primary N) is 1. The van der Waals surface area contributed by atoms with Crippen molar-refractivity contribution in [3.05, 3.63) is 28.2 Å². The molecule has 3 N–H and O–H groups in total. The maximum Gasteiger partial charge on any atom is 0.214 e. The summed E-state index contributed by atoms with van der Waals surface area (Å²) in [5.41, 5.74) is 7.47. The van der Waals surface area contributed by atoms with Gasteiger partial charge in [0.05, 0.1) is 6.54 Å². The van der Waals surface area contributed by atoms with Gasteiger partial charge in [0.15, 0.2) is 0 Å². The highest BCUT2D eigenvalue weighted by molar-refractivity contribution is 8.78. The topological polar surface area (TPSA) is 92.3 Å². The molecule has 6 nitrogen and oxygen atoms in total. The molecule has 25 heavy (non-hydrogen) atoms. The zero-order valence-corrected chi connectivity index (χ0v) is 16.8. The lowest BCUT2D eigenvalue weighted by Gasteiger charge is -2.22. The van der Waals surface area contributed by atoms with Gasteiger partial charge in [-0.3, -0.25) is 4.79 Å². The SMILES string of the molecule is CCCCCSSC(CCO)=C(C)N(C=O)Cc1cnc(C)nc1N. The van der Waals surface area contributed by atoms with Gasteiger partial charge in [0, 0.05) is 41.1 Å². The maximum atomic E-state index is 11.6. The van der Waals surface area contributed by atoms with Crippen molar-refractivity contribution in [3.63, 3.8) is 0 Å². The fraction of sp³-hybridized carbons (Fsp3) is 0.588. The van der Waals surface area contributed by atoms with Crippen molar-refractivity contribution in [2.45, 2.75) is 53.0 Å². The molecule has 0 saturated heterocycles. The van der Waals surface area contributed by atoms with Gasteiger partial charge in [0.2, 0.25) is 6.41 Å². The Morgan fingerprint density at radius 1 is 1.44 bits per heavy atom. The number of allylic oxidation sites excluding steroid dienone is 1. The fourth-order valence-corrected chi connectivity index (χ4v) is 4.72. The minimum atomic E-state index is 0.0532. The zero-order valence-electron chi connectivity index (χ0n) is 15.2. The van der Waals surface area contributed by atoms with E-state index >= 15 is 0 Å². The van der Waals surface area contributed by atoms with Crippen LogP contribution >= 0.6 is 21.6 Å². The number of carbonyl (C=O) groups excluding carboxylic acids is 1. The van der Waals surface area contributed by atoms with E-state index in [2.05, 4.69) is 16.9 Å². The average molecular weight is 385 g/mol. The number of nitrogens with zero attached hydrogens (tertiary/aromatic N) is 3. The van der Waals surface area contributed by atoms with Crippen LogP contribution in [-0.4, -0.2) is 38.7 Å². The van der Waals surface area contributed by atoms with Crippen molar-refractivity contribution >= 4 is 33.8 Å².